The van der Waals surface area contributed by atoms with Gasteiger partial charge in [-0.25, -0.2) is 4.79 Å². The summed E-state index contributed by atoms with van der Waals surface area (Å²) < 4.78 is 17.5. The number of rotatable bonds is 4. The molecule has 1 aliphatic heterocycles. The molecule has 2 aromatic heterocycles. The van der Waals surface area contributed by atoms with Crippen LogP contribution in [-0.2, 0) is 11.8 Å². The van der Waals surface area contributed by atoms with Gasteiger partial charge in [0.05, 0.1) is 23.6 Å². The Kier molecular flexibility index (Phi) is 3.61. The van der Waals surface area contributed by atoms with Crippen LogP contribution < -0.4 is 10.1 Å². The molecule has 1 fully saturated rings. The number of hydrogen-bond acceptors (Lipinski definition) is 6. The van der Waals surface area contributed by atoms with Gasteiger partial charge in [-0.3, -0.25) is 4.68 Å². The molecule has 0 radical (unpaired) electrons. The number of fused-ring (bicyclic) bond motifs is 1. The highest BCUT2D eigenvalue weighted by molar-refractivity contribution is 7.04. The van der Waals surface area contributed by atoms with Crippen molar-refractivity contribution < 1.29 is 14.3 Å². The molecule has 0 unspecified atom stereocenters. The van der Waals surface area contributed by atoms with Crippen molar-refractivity contribution in [3.05, 3.63) is 29.9 Å². The Hall–Kier alpha value is -2.61. The fraction of sp³-hybridized carbons (Fsp3) is 0.312. The van der Waals surface area contributed by atoms with Crippen molar-refractivity contribution in [2.75, 3.05) is 6.54 Å². The maximum absolute atomic E-state index is 11.2. The van der Waals surface area contributed by atoms with Crippen molar-refractivity contribution >= 4 is 28.5 Å². The Morgan fingerprint density at radius 2 is 2.33 bits per heavy atom. The van der Waals surface area contributed by atoms with Gasteiger partial charge in [-0.15, -0.1) is 0 Å². The Morgan fingerprint density at radius 3 is 3.04 bits per heavy atom. The zero-order chi connectivity index (χ0) is 16.7. The molecular weight excluding hydrogens is 328 g/mol. The van der Waals surface area contributed by atoms with E-state index in [1.165, 1.54) is 11.5 Å². The standard InChI is InChI=1S/C16H16N4O3S/c1-9(15-6-17-16(21)23-15)22-14-4-10(11-5-18-20(2)7-11)3-13-12(14)8-24-19-13/h3-5,7-9,15H,6H2,1-2H3,(H,17,21)/t9-,15-/m1/s1. The third-order valence-electron chi connectivity index (χ3n) is 4.02. The average molecular weight is 344 g/mol. The minimum Gasteiger partial charge on any atom is -0.486 e. The van der Waals surface area contributed by atoms with Gasteiger partial charge in [0.2, 0.25) is 0 Å². The number of ether oxygens (including phenoxy) is 2. The Balaban J connectivity index is 1.68. The van der Waals surface area contributed by atoms with Gasteiger partial charge in [-0.1, -0.05) is 0 Å². The van der Waals surface area contributed by atoms with E-state index in [4.69, 9.17) is 9.47 Å². The molecule has 0 spiro atoms. The molecule has 2 atom stereocenters. The van der Waals surface area contributed by atoms with Crippen LogP contribution in [0.15, 0.2) is 29.9 Å². The number of aromatic nitrogens is 3. The van der Waals surface area contributed by atoms with Gasteiger partial charge in [0.25, 0.3) is 0 Å². The van der Waals surface area contributed by atoms with Crippen LogP contribution in [0.1, 0.15) is 6.92 Å². The third kappa shape index (κ3) is 2.69. The first-order valence-electron chi connectivity index (χ1n) is 7.58. The number of amides is 1. The fourth-order valence-corrected chi connectivity index (χ4v) is 3.38. The van der Waals surface area contributed by atoms with Crippen LogP contribution in [-0.4, -0.2) is 39.0 Å². The van der Waals surface area contributed by atoms with E-state index in [9.17, 15) is 4.79 Å². The number of carbonyl (C=O) groups excluding carboxylic acids is 1. The molecule has 1 amide bonds. The molecule has 3 heterocycles. The molecule has 1 saturated heterocycles. The van der Waals surface area contributed by atoms with Crippen LogP contribution in [0.2, 0.25) is 0 Å². The second-order valence-corrected chi connectivity index (χ2v) is 6.40. The van der Waals surface area contributed by atoms with E-state index >= 15 is 0 Å². The molecular formula is C16H16N4O3S. The predicted octanol–water partition coefficient (Wildman–Crippen LogP) is 2.57. The van der Waals surface area contributed by atoms with Gasteiger partial charge >= 0.3 is 6.09 Å². The summed E-state index contributed by atoms with van der Waals surface area (Å²) in [6.07, 6.45) is 2.78. The lowest BCUT2D eigenvalue weighted by Crippen LogP contribution is -2.31. The number of cyclic esters (lactones) is 1. The quantitative estimate of drug-likeness (QED) is 0.787. The lowest BCUT2D eigenvalue weighted by Gasteiger charge is -2.20. The fourth-order valence-electron chi connectivity index (χ4n) is 2.72. The monoisotopic (exact) mass is 344 g/mol. The van der Waals surface area contributed by atoms with E-state index in [0.29, 0.717) is 6.54 Å². The highest BCUT2D eigenvalue weighted by Crippen LogP contribution is 2.34. The van der Waals surface area contributed by atoms with E-state index < -0.39 is 6.09 Å². The second-order valence-electron chi connectivity index (χ2n) is 5.77. The molecule has 4 rings (SSSR count). The number of aryl methyl sites for hydroxylation is 1. The minimum atomic E-state index is -0.401. The van der Waals surface area contributed by atoms with Gasteiger partial charge in [-0.05, 0) is 36.2 Å². The molecule has 1 aromatic carbocycles. The van der Waals surface area contributed by atoms with Crippen LogP contribution >= 0.6 is 11.5 Å². The SMILES string of the molecule is C[C@@H](Oc1cc(-c2cnn(C)c2)cc2nscc12)[C@H]1CNC(=O)O1. The predicted molar refractivity (Wildman–Crippen MR) is 90.2 cm³/mol. The summed E-state index contributed by atoms with van der Waals surface area (Å²) in [4.78, 5) is 11.2. The van der Waals surface area contributed by atoms with Crippen LogP contribution in [0.25, 0.3) is 22.0 Å². The Morgan fingerprint density at radius 1 is 1.46 bits per heavy atom. The highest BCUT2D eigenvalue weighted by atomic mass is 32.1. The van der Waals surface area contributed by atoms with Crippen molar-refractivity contribution in [1.82, 2.24) is 19.5 Å². The topological polar surface area (TPSA) is 78.3 Å². The molecule has 7 nitrogen and oxygen atoms in total. The summed E-state index contributed by atoms with van der Waals surface area (Å²) in [5, 5.41) is 9.78. The number of benzene rings is 1. The molecule has 0 bridgehead atoms. The molecule has 0 aliphatic carbocycles. The largest absolute Gasteiger partial charge is 0.486 e. The van der Waals surface area contributed by atoms with Crippen molar-refractivity contribution in [2.45, 2.75) is 19.1 Å². The molecule has 1 N–H and O–H groups in total. The van der Waals surface area contributed by atoms with Gasteiger partial charge in [0.15, 0.2) is 6.10 Å². The molecule has 3 aromatic rings. The molecule has 124 valence electrons. The minimum absolute atomic E-state index is 0.267. The van der Waals surface area contributed by atoms with Crippen molar-refractivity contribution in [3.63, 3.8) is 0 Å². The summed E-state index contributed by atoms with van der Waals surface area (Å²) in [6.45, 7) is 2.35. The van der Waals surface area contributed by atoms with E-state index in [1.807, 2.05) is 43.9 Å². The third-order valence-corrected chi connectivity index (χ3v) is 4.67. The number of hydrogen-bond donors (Lipinski definition) is 1. The van der Waals surface area contributed by atoms with Crippen molar-refractivity contribution in [1.29, 1.82) is 0 Å². The van der Waals surface area contributed by atoms with Gasteiger partial charge < -0.3 is 14.8 Å². The summed E-state index contributed by atoms with van der Waals surface area (Å²) in [6, 6.07) is 4.01. The normalized spacial score (nSPS) is 18.4. The van der Waals surface area contributed by atoms with Crippen LogP contribution in [0.3, 0.4) is 0 Å². The molecule has 24 heavy (non-hydrogen) atoms. The smallest absolute Gasteiger partial charge is 0.407 e. The van der Waals surface area contributed by atoms with E-state index in [2.05, 4.69) is 14.8 Å². The van der Waals surface area contributed by atoms with Crippen molar-refractivity contribution in [2.24, 2.45) is 7.05 Å². The summed E-state index contributed by atoms with van der Waals surface area (Å²) in [5.41, 5.74) is 2.87. The number of alkyl carbamates (subject to hydrolysis) is 1. The first-order chi connectivity index (χ1) is 11.6. The molecule has 0 saturated carbocycles. The summed E-state index contributed by atoms with van der Waals surface area (Å²) in [7, 11) is 1.88. The lowest BCUT2D eigenvalue weighted by molar-refractivity contribution is 0.0588. The first kappa shape index (κ1) is 14.9. The number of nitrogens with zero attached hydrogens (tertiary/aromatic N) is 3. The van der Waals surface area contributed by atoms with E-state index in [-0.39, 0.29) is 12.2 Å². The van der Waals surface area contributed by atoms with Gasteiger partial charge in [-0.2, -0.15) is 9.47 Å². The zero-order valence-electron chi connectivity index (χ0n) is 13.2. The summed E-state index contributed by atoms with van der Waals surface area (Å²) >= 11 is 1.39. The Bertz CT molecular complexity index is 904. The number of carbonyl (C=O) groups is 1. The molecule has 8 heteroatoms. The van der Waals surface area contributed by atoms with Crippen LogP contribution in [0.4, 0.5) is 4.79 Å². The van der Waals surface area contributed by atoms with E-state index in [1.54, 1.807) is 4.68 Å². The first-order valence-corrected chi connectivity index (χ1v) is 8.42. The highest BCUT2D eigenvalue weighted by Gasteiger charge is 2.29. The van der Waals surface area contributed by atoms with Crippen molar-refractivity contribution in [3.8, 4) is 16.9 Å². The van der Waals surface area contributed by atoms with Gasteiger partial charge in [0.1, 0.15) is 11.9 Å². The molecule has 1 aliphatic rings. The zero-order valence-corrected chi connectivity index (χ0v) is 14.0. The van der Waals surface area contributed by atoms with Crippen LogP contribution in [0.5, 0.6) is 5.75 Å². The lowest BCUT2D eigenvalue weighted by atomic mass is 10.1. The maximum Gasteiger partial charge on any atom is 0.407 e. The summed E-state index contributed by atoms with van der Waals surface area (Å²) in [5.74, 6) is 0.732. The van der Waals surface area contributed by atoms with Crippen LogP contribution in [0, 0.1) is 0 Å². The van der Waals surface area contributed by atoms with Gasteiger partial charge in [0, 0.05) is 24.2 Å². The Labute approximate surface area is 142 Å². The second kappa shape index (κ2) is 5.79. The average Bonchev–Trinajstić information content (AvgIpc) is 3.27. The number of nitrogens with one attached hydrogen (secondary N) is 1. The van der Waals surface area contributed by atoms with E-state index in [0.717, 1.165) is 27.8 Å². The maximum atomic E-state index is 11.2.